The van der Waals surface area contributed by atoms with E-state index in [1.54, 1.807) is 42.5 Å². The molecule has 0 saturated carbocycles. The summed E-state index contributed by atoms with van der Waals surface area (Å²) < 4.78 is 5.17. The van der Waals surface area contributed by atoms with Crippen molar-refractivity contribution in [2.24, 2.45) is 0 Å². The molecule has 0 saturated heterocycles. The third-order valence-electron chi connectivity index (χ3n) is 3.88. The number of anilines is 2. The summed E-state index contributed by atoms with van der Waals surface area (Å²) in [6, 6.07) is 10.4. The number of benzene rings is 2. The first-order valence-electron chi connectivity index (χ1n) is 7.82. The monoisotopic (exact) mass is 373 g/mol. The number of ether oxygens (including phenoxy) is 1. The fourth-order valence-corrected chi connectivity index (χ4v) is 2.79. The molecule has 3 N–H and O–H groups in total. The lowest BCUT2D eigenvalue weighted by Gasteiger charge is -2.15. The van der Waals surface area contributed by atoms with E-state index in [0.29, 0.717) is 27.7 Å². The van der Waals surface area contributed by atoms with E-state index in [4.69, 9.17) is 16.3 Å². The van der Waals surface area contributed by atoms with Crippen LogP contribution in [0.4, 0.5) is 11.4 Å². The van der Waals surface area contributed by atoms with Gasteiger partial charge in [0.2, 0.25) is 11.8 Å². The van der Waals surface area contributed by atoms with Crippen molar-refractivity contribution in [2.75, 3.05) is 17.7 Å². The van der Waals surface area contributed by atoms with E-state index >= 15 is 0 Å². The SMILES string of the molecule is COc1ccc(Cl)cc1NC(=O)C[C@@H]1NC(=O)c2ccccc2NC1=O. The van der Waals surface area contributed by atoms with Crippen LogP contribution in [-0.4, -0.2) is 30.9 Å². The van der Waals surface area contributed by atoms with Gasteiger partial charge in [0.05, 0.1) is 30.5 Å². The van der Waals surface area contributed by atoms with Crippen LogP contribution in [0.5, 0.6) is 5.75 Å². The largest absolute Gasteiger partial charge is 0.495 e. The molecule has 2 aromatic rings. The highest BCUT2D eigenvalue weighted by Gasteiger charge is 2.29. The molecule has 0 aliphatic carbocycles. The van der Waals surface area contributed by atoms with Gasteiger partial charge in [0.15, 0.2) is 0 Å². The molecule has 3 rings (SSSR count). The Labute approximate surface area is 154 Å². The molecule has 7 nitrogen and oxygen atoms in total. The number of amides is 3. The molecular formula is C18H16ClN3O4. The number of nitrogens with one attached hydrogen (secondary N) is 3. The summed E-state index contributed by atoms with van der Waals surface area (Å²) in [6.07, 6.45) is -0.235. The second kappa shape index (κ2) is 7.45. The van der Waals surface area contributed by atoms with Crippen LogP contribution in [0.1, 0.15) is 16.8 Å². The number of fused-ring (bicyclic) bond motifs is 1. The maximum Gasteiger partial charge on any atom is 0.254 e. The van der Waals surface area contributed by atoms with Crippen LogP contribution in [0.15, 0.2) is 42.5 Å². The number of halogens is 1. The topological polar surface area (TPSA) is 96.5 Å². The van der Waals surface area contributed by atoms with Gasteiger partial charge in [0, 0.05) is 5.02 Å². The molecule has 1 aliphatic heterocycles. The van der Waals surface area contributed by atoms with Crippen molar-refractivity contribution in [3.63, 3.8) is 0 Å². The minimum atomic E-state index is -1.000. The summed E-state index contributed by atoms with van der Waals surface area (Å²) in [6.45, 7) is 0. The lowest BCUT2D eigenvalue weighted by atomic mass is 10.1. The van der Waals surface area contributed by atoms with E-state index < -0.39 is 23.8 Å². The predicted octanol–water partition coefficient (Wildman–Crippen LogP) is 2.43. The van der Waals surface area contributed by atoms with Gasteiger partial charge in [0.25, 0.3) is 5.91 Å². The van der Waals surface area contributed by atoms with Crippen molar-refractivity contribution in [3.05, 3.63) is 53.1 Å². The van der Waals surface area contributed by atoms with E-state index in [-0.39, 0.29) is 6.42 Å². The van der Waals surface area contributed by atoms with Crippen molar-refractivity contribution >= 4 is 40.7 Å². The van der Waals surface area contributed by atoms with Gasteiger partial charge in [-0.2, -0.15) is 0 Å². The number of methoxy groups -OCH3 is 1. The molecule has 0 bridgehead atoms. The number of hydrogen-bond acceptors (Lipinski definition) is 4. The van der Waals surface area contributed by atoms with Gasteiger partial charge in [-0.3, -0.25) is 14.4 Å². The standard InChI is InChI=1S/C18H16ClN3O4/c1-26-15-7-6-10(19)8-13(15)20-16(23)9-14-18(25)21-12-5-3-2-4-11(12)17(24)22-14/h2-8,14H,9H2,1H3,(H,20,23)(H,21,25)(H,22,24)/t14-/m0/s1. The summed E-state index contributed by atoms with van der Waals surface area (Å²) in [7, 11) is 1.47. The first-order chi connectivity index (χ1) is 12.5. The van der Waals surface area contributed by atoms with Gasteiger partial charge >= 0.3 is 0 Å². The minimum Gasteiger partial charge on any atom is -0.495 e. The van der Waals surface area contributed by atoms with Crippen LogP contribution in [0, 0.1) is 0 Å². The number of carbonyl (C=O) groups excluding carboxylic acids is 3. The van der Waals surface area contributed by atoms with Crippen molar-refractivity contribution in [1.82, 2.24) is 5.32 Å². The maximum absolute atomic E-state index is 12.4. The Balaban J connectivity index is 1.73. The fourth-order valence-electron chi connectivity index (χ4n) is 2.62. The highest BCUT2D eigenvalue weighted by Crippen LogP contribution is 2.28. The summed E-state index contributed by atoms with van der Waals surface area (Å²) in [5.41, 5.74) is 1.14. The summed E-state index contributed by atoms with van der Waals surface area (Å²) in [4.78, 5) is 37.0. The molecule has 0 spiro atoms. The zero-order valence-corrected chi connectivity index (χ0v) is 14.6. The molecule has 0 radical (unpaired) electrons. The Bertz CT molecular complexity index is 884. The van der Waals surface area contributed by atoms with Crippen LogP contribution in [-0.2, 0) is 9.59 Å². The molecule has 134 valence electrons. The van der Waals surface area contributed by atoms with Crippen molar-refractivity contribution in [1.29, 1.82) is 0 Å². The number of hydrogen-bond donors (Lipinski definition) is 3. The van der Waals surface area contributed by atoms with Crippen molar-refractivity contribution in [3.8, 4) is 5.75 Å². The lowest BCUT2D eigenvalue weighted by molar-refractivity contribution is -0.122. The highest BCUT2D eigenvalue weighted by molar-refractivity contribution is 6.31. The average molecular weight is 374 g/mol. The summed E-state index contributed by atoms with van der Waals surface area (Å²) >= 11 is 5.94. The normalized spacial score (nSPS) is 16.0. The Morgan fingerprint density at radius 1 is 1.23 bits per heavy atom. The second-order valence-corrected chi connectivity index (χ2v) is 6.09. The minimum absolute atomic E-state index is 0.235. The van der Waals surface area contributed by atoms with Crippen LogP contribution < -0.4 is 20.7 Å². The van der Waals surface area contributed by atoms with Gasteiger partial charge in [-0.15, -0.1) is 0 Å². The van der Waals surface area contributed by atoms with Crippen molar-refractivity contribution in [2.45, 2.75) is 12.5 Å². The molecule has 1 atom stereocenters. The molecule has 2 aromatic carbocycles. The molecular weight excluding hydrogens is 358 g/mol. The second-order valence-electron chi connectivity index (χ2n) is 5.66. The molecule has 1 heterocycles. The van der Waals surface area contributed by atoms with Crippen molar-refractivity contribution < 1.29 is 19.1 Å². The number of rotatable bonds is 4. The molecule has 0 aromatic heterocycles. The van der Waals surface area contributed by atoms with Crippen LogP contribution in [0.25, 0.3) is 0 Å². The first-order valence-corrected chi connectivity index (χ1v) is 8.20. The Morgan fingerprint density at radius 2 is 2.00 bits per heavy atom. The molecule has 0 fully saturated rings. The van der Waals surface area contributed by atoms with E-state index in [2.05, 4.69) is 16.0 Å². The molecule has 3 amide bonds. The maximum atomic E-state index is 12.4. The number of carbonyl (C=O) groups is 3. The van der Waals surface area contributed by atoms with E-state index in [9.17, 15) is 14.4 Å². The third-order valence-corrected chi connectivity index (χ3v) is 4.11. The molecule has 8 heteroatoms. The van der Waals surface area contributed by atoms with E-state index in [1.165, 1.54) is 7.11 Å². The Hall–Kier alpha value is -3.06. The third kappa shape index (κ3) is 3.78. The zero-order chi connectivity index (χ0) is 18.7. The quantitative estimate of drug-likeness (QED) is 0.766. The summed E-state index contributed by atoms with van der Waals surface area (Å²) in [5, 5.41) is 8.30. The molecule has 0 unspecified atom stereocenters. The number of para-hydroxylation sites is 1. The van der Waals surface area contributed by atoms with Gasteiger partial charge in [-0.05, 0) is 30.3 Å². The van der Waals surface area contributed by atoms with Crippen LogP contribution in [0.2, 0.25) is 5.02 Å². The lowest BCUT2D eigenvalue weighted by Crippen LogP contribution is -2.43. The van der Waals surface area contributed by atoms with Crippen LogP contribution >= 0.6 is 11.6 Å². The highest BCUT2D eigenvalue weighted by atomic mass is 35.5. The van der Waals surface area contributed by atoms with Crippen LogP contribution in [0.3, 0.4) is 0 Å². The first kappa shape index (κ1) is 17.8. The van der Waals surface area contributed by atoms with E-state index in [0.717, 1.165) is 0 Å². The zero-order valence-electron chi connectivity index (χ0n) is 13.8. The summed E-state index contributed by atoms with van der Waals surface area (Å²) in [5.74, 6) is -0.907. The van der Waals surface area contributed by atoms with E-state index in [1.807, 2.05) is 0 Å². The molecule has 1 aliphatic rings. The Kier molecular flexibility index (Phi) is 5.09. The fraction of sp³-hybridized carbons (Fsp3) is 0.167. The predicted molar refractivity (Wildman–Crippen MR) is 97.6 cm³/mol. The van der Waals surface area contributed by atoms with Gasteiger partial charge in [-0.1, -0.05) is 23.7 Å². The van der Waals surface area contributed by atoms with Gasteiger partial charge in [-0.25, -0.2) is 0 Å². The van der Waals surface area contributed by atoms with Gasteiger partial charge in [0.1, 0.15) is 11.8 Å². The molecule has 26 heavy (non-hydrogen) atoms. The smallest absolute Gasteiger partial charge is 0.254 e. The Morgan fingerprint density at radius 3 is 2.77 bits per heavy atom. The average Bonchev–Trinajstić information content (AvgIpc) is 2.72. The van der Waals surface area contributed by atoms with Gasteiger partial charge < -0.3 is 20.7 Å².